The van der Waals surface area contributed by atoms with Crippen molar-refractivity contribution < 1.29 is 14.3 Å². The largest absolute Gasteiger partial charge is 0.383 e. The highest BCUT2D eigenvalue weighted by Crippen LogP contribution is 2.17. The number of amides is 1. The van der Waals surface area contributed by atoms with E-state index in [1.807, 2.05) is 0 Å². The van der Waals surface area contributed by atoms with Gasteiger partial charge in [-0.05, 0) is 12.1 Å². The predicted molar refractivity (Wildman–Crippen MR) is 69.9 cm³/mol. The SMILES string of the molecule is COCCNC(=O)CCC(=O)c1ccccc1Cl. The van der Waals surface area contributed by atoms with Crippen molar-refractivity contribution in [2.75, 3.05) is 20.3 Å². The first-order chi connectivity index (χ1) is 8.65. The molecule has 0 saturated carbocycles. The van der Waals surface area contributed by atoms with Crippen LogP contribution in [0.1, 0.15) is 23.2 Å². The molecule has 18 heavy (non-hydrogen) atoms. The number of benzene rings is 1. The second kappa shape index (κ2) is 7.84. The van der Waals surface area contributed by atoms with Gasteiger partial charge in [-0.3, -0.25) is 9.59 Å². The number of rotatable bonds is 7. The van der Waals surface area contributed by atoms with Gasteiger partial charge in [-0.2, -0.15) is 0 Å². The zero-order valence-electron chi connectivity index (χ0n) is 10.2. The number of ketones is 1. The van der Waals surface area contributed by atoms with Gasteiger partial charge in [0.15, 0.2) is 5.78 Å². The molecule has 0 aliphatic carbocycles. The maximum Gasteiger partial charge on any atom is 0.220 e. The van der Waals surface area contributed by atoms with Gasteiger partial charge >= 0.3 is 0 Å². The van der Waals surface area contributed by atoms with Gasteiger partial charge in [-0.25, -0.2) is 0 Å². The highest BCUT2D eigenvalue weighted by molar-refractivity contribution is 6.34. The Balaban J connectivity index is 2.38. The Morgan fingerprint density at radius 2 is 2.00 bits per heavy atom. The Kier molecular flexibility index (Phi) is 6.39. The number of hydrogen-bond donors (Lipinski definition) is 1. The monoisotopic (exact) mass is 269 g/mol. The molecular formula is C13H16ClNO3. The maximum atomic E-state index is 11.8. The van der Waals surface area contributed by atoms with Crippen LogP contribution in [-0.4, -0.2) is 32.0 Å². The fraction of sp³-hybridized carbons (Fsp3) is 0.385. The van der Waals surface area contributed by atoms with E-state index in [1.165, 1.54) is 0 Å². The van der Waals surface area contributed by atoms with Crippen LogP contribution in [0.2, 0.25) is 5.02 Å². The summed E-state index contributed by atoms with van der Waals surface area (Å²) in [6.07, 6.45) is 0.316. The van der Waals surface area contributed by atoms with Crippen LogP contribution >= 0.6 is 11.6 Å². The van der Waals surface area contributed by atoms with Gasteiger partial charge in [0.2, 0.25) is 5.91 Å². The molecule has 0 saturated heterocycles. The van der Waals surface area contributed by atoms with Crippen LogP contribution in [0.3, 0.4) is 0 Å². The molecule has 1 aromatic rings. The molecule has 1 rings (SSSR count). The zero-order valence-corrected chi connectivity index (χ0v) is 11.0. The average Bonchev–Trinajstić information content (AvgIpc) is 2.37. The van der Waals surface area contributed by atoms with E-state index in [9.17, 15) is 9.59 Å². The molecule has 0 aliphatic heterocycles. The lowest BCUT2D eigenvalue weighted by Gasteiger charge is -2.05. The standard InChI is InChI=1S/C13H16ClNO3/c1-18-9-8-15-13(17)7-6-12(16)10-4-2-3-5-11(10)14/h2-5H,6-9H2,1H3,(H,15,17). The normalized spacial score (nSPS) is 10.1. The summed E-state index contributed by atoms with van der Waals surface area (Å²) in [5, 5.41) is 3.07. The van der Waals surface area contributed by atoms with E-state index in [-0.39, 0.29) is 24.5 Å². The van der Waals surface area contributed by atoms with E-state index in [1.54, 1.807) is 31.4 Å². The smallest absolute Gasteiger partial charge is 0.220 e. The van der Waals surface area contributed by atoms with Crippen LogP contribution in [0.25, 0.3) is 0 Å². The molecule has 0 spiro atoms. The molecule has 1 aromatic carbocycles. The van der Waals surface area contributed by atoms with Crippen LogP contribution in [-0.2, 0) is 9.53 Å². The lowest BCUT2D eigenvalue weighted by molar-refractivity contribution is -0.121. The second-order valence-corrected chi connectivity index (χ2v) is 4.15. The summed E-state index contributed by atoms with van der Waals surface area (Å²) in [5.41, 5.74) is 0.462. The molecule has 5 heteroatoms. The summed E-state index contributed by atoms with van der Waals surface area (Å²) in [4.78, 5) is 23.2. The van der Waals surface area contributed by atoms with E-state index >= 15 is 0 Å². The molecule has 0 unspecified atom stereocenters. The van der Waals surface area contributed by atoms with Crippen LogP contribution in [0.4, 0.5) is 0 Å². The van der Waals surface area contributed by atoms with Crippen LogP contribution in [0, 0.1) is 0 Å². The Morgan fingerprint density at radius 3 is 2.67 bits per heavy atom. The third kappa shape index (κ3) is 4.85. The van der Waals surface area contributed by atoms with Gasteiger partial charge in [0.1, 0.15) is 0 Å². The predicted octanol–water partition coefficient (Wildman–Crippen LogP) is 2.07. The number of hydrogen-bond acceptors (Lipinski definition) is 3. The highest BCUT2D eigenvalue weighted by Gasteiger charge is 2.11. The van der Waals surface area contributed by atoms with Gasteiger partial charge < -0.3 is 10.1 Å². The number of carbonyl (C=O) groups excluding carboxylic acids is 2. The molecule has 0 bridgehead atoms. The zero-order chi connectivity index (χ0) is 13.4. The van der Waals surface area contributed by atoms with Crippen molar-refractivity contribution in [2.45, 2.75) is 12.8 Å². The summed E-state index contributed by atoms with van der Waals surface area (Å²) < 4.78 is 4.80. The molecule has 0 radical (unpaired) electrons. The van der Waals surface area contributed by atoms with Gasteiger partial charge in [-0.1, -0.05) is 23.7 Å². The lowest BCUT2D eigenvalue weighted by atomic mass is 10.1. The summed E-state index contributed by atoms with van der Waals surface area (Å²) in [7, 11) is 1.56. The van der Waals surface area contributed by atoms with Crippen molar-refractivity contribution in [3.05, 3.63) is 34.9 Å². The van der Waals surface area contributed by atoms with Crippen molar-refractivity contribution >= 4 is 23.3 Å². The number of Topliss-reactive ketones (excluding diaryl/α,β-unsaturated/α-hetero) is 1. The third-order valence-electron chi connectivity index (χ3n) is 2.38. The minimum absolute atomic E-state index is 0.123. The highest BCUT2D eigenvalue weighted by atomic mass is 35.5. The Morgan fingerprint density at radius 1 is 1.28 bits per heavy atom. The number of methoxy groups -OCH3 is 1. The first-order valence-electron chi connectivity index (χ1n) is 5.68. The van der Waals surface area contributed by atoms with E-state index in [2.05, 4.69) is 5.32 Å². The van der Waals surface area contributed by atoms with Crippen molar-refractivity contribution in [2.24, 2.45) is 0 Å². The maximum absolute atomic E-state index is 11.8. The van der Waals surface area contributed by atoms with Crippen molar-refractivity contribution in [1.82, 2.24) is 5.32 Å². The Bertz CT molecular complexity index is 420. The molecule has 1 N–H and O–H groups in total. The van der Waals surface area contributed by atoms with E-state index < -0.39 is 0 Å². The Hall–Kier alpha value is -1.39. The number of nitrogens with one attached hydrogen (secondary N) is 1. The second-order valence-electron chi connectivity index (χ2n) is 3.75. The quantitative estimate of drug-likeness (QED) is 0.609. The summed E-state index contributed by atoms with van der Waals surface area (Å²) >= 11 is 5.90. The molecule has 0 atom stereocenters. The average molecular weight is 270 g/mol. The molecule has 4 nitrogen and oxygen atoms in total. The summed E-state index contributed by atoms with van der Waals surface area (Å²) in [6, 6.07) is 6.83. The van der Waals surface area contributed by atoms with Crippen molar-refractivity contribution in [3.8, 4) is 0 Å². The fourth-order valence-corrected chi connectivity index (χ4v) is 1.67. The van der Waals surface area contributed by atoms with Gasteiger partial charge in [0.25, 0.3) is 0 Å². The minimum atomic E-state index is -0.160. The molecule has 98 valence electrons. The number of halogens is 1. The van der Waals surface area contributed by atoms with Gasteiger partial charge in [0, 0.05) is 32.1 Å². The van der Waals surface area contributed by atoms with E-state index in [0.29, 0.717) is 23.7 Å². The number of ether oxygens (including phenoxy) is 1. The van der Waals surface area contributed by atoms with Gasteiger partial charge in [0.05, 0.1) is 11.6 Å². The lowest BCUT2D eigenvalue weighted by Crippen LogP contribution is -2.27. The van der Waals surface area contributed by atoms with Crippen LogP contribution in [0.5, 0.6) is 0 Å². The van der Waals surface area contributed by atoms with Crippen molar-refractivity contribution in [3.63, 3.8) is 0 Å². The van der Waals surface area contributed by atoms with Gasteiger partial charge in [-0.15, -0.1) is 0 Å². The fourth-order valence-electron chi connectivity index (χ4n) is 1.43. The van der Waals surface area contributed by atoms with E-state index in [4.69, 9.17) is 16.3 Å². The summed E-state index contributed by atoms with van der Waals surface area (Å²) in [5.74, 6) is -0.282. The molecule has 1 amide bonds. The molecular weight excluding hydrogens is 254 g/mol. The first-order valence-corrected chi connectivity index (χ1v) is 6.06. The van der Waals surface area contributed by atoms with E-state index in [0.717, 1.165) is 0 Å². The van der Waals surface area contributed by atoms with Crippen LogP contribution < -0.4 is 5.32 Å². The van der Waals surface area contributed by atoms with Crippen molar-refractivity contribution in [1.29, 1.82) is 0 Å². The molecule has 0 fully saturated rings. The topological polar surface area (TPSA) is 55.4 Å². The number of carbonyl (C=O) groups is 2. The first kappa shape index (κ1) is 14.7. The summed E-state index contributed by atoms with van der Waals surface area (Å²) in [6.45, 7) is 0.916. The molecule has 0 aromatic heterocycles. The minimum Gasteiger partial charge on any atom is -0.383 e. The molecule has 0 heterocycles. The molecule has 0 aliphatic rings. The third-order valence-corrected chi connectivity index (χ3v) is 2.71. The van der Waals surface area contributed by atoms with Crippen LogP contribution in [0.15, 0.2) is 24.3 Å². The Labute approximate surface area is 111 Å².